The van der Waals surface area contributed by atoms with E-state index in [1.54, 1.807) is 32.2 Å². The number of aromatic amines is 1. The molecule has 162 valence electrons. The summed E-state index contributed by atoms with van der Waals surface area (Å²) >= 11 is 0. The number of aromatic nitrogens is 2. The second kappa shape index (κ2) is 8.64. The fraction of sp³-hybridized carbons (Fsp3) is 0.304. The summed E-state index contributed by atoms with van der Waals surface area (Å²) in [6, 6.07) is 12.5. The highest BCUT2D eigenvalue weighted by Crippen LogP contribution is 2.30. The van der Waals surface area contributed by atoms with Crippen molar-refractivity contribution in [3.05, 3.63) is 75.1 Å². The van der Waals surface area contributed by atoms with Crippen LogP contribution >= 0.6 is 0 Å². The summed E-state index contributed by atoms with van der Waals surface area (Å²) in [7, 11) is -2.19. The Kier molecular flexibility index (Phi) is 5.93. The predicted octanol–water partition coefficient (Wildman–Crippen LogP) is 3.11. The van der Waals surface area contributed by atoms with Crippen molar-refractivity contribution in [2.75, 3.05) is 7.11 Å². The van der Waals surface area contributed by atoms with Crippen molar-refractivity contribution in [3.8, 4) is 17.0 Å². The van der Waals surface area contributed by atoms with Crippen molar-refractivity contribution in [2.45, 2.75) is 44.0 Å². The Hall–Kier alpha value is -2.97. The number of hydrogen-bond donors (Lipinski definition) is 2. The molecular formula is C23H25N3O4S. The van der Waals surface area contributed by atoms with Gasteiger partial charge in [-0.25, -0.2) is 18.2 Å². The van der Waals surface area contributed by atoms with Gasteiger partial charge in [-0.15, -0.1) is 0 Å². The maximum Gasteiger partial charge on any atom is 0.267 e. The maximum atomic E-state index is 13.1. The molecule has 0 spiro atoms. The largest absolute Gasteiger partial charge is 0.497 e. The Morgan fingerprint density at radius 2 is 1.87 bits per heavy atom. The summed E-state index contributed by atoms with van der Waals surface area (Å²) < 4.78 is 34.0. The standard InChI is InChI=1S/C23H25N3O4S/c1-15-10-11-17(22-19-8-3-4-9-20(19)23(27)26-25-22)13-21(15)31(28,29)24-14-16-6-5-7-18(12-16)30-2/h5-7,10-13,24H,3-4,8-9,14H2,1-2H3,(H,26,27). The van der Waals surface area contributed by atoms with Crippen molar-refractivity contribution < 1.29 is 13.2 Å². The van der Waals surface area contributed by atoms with E-state index in [1.807, 2.05) is 24.3 Å². The van der Waals surface area contributed by atoms with Gasteiger partial charge in [0.15, 0.2) is 0 Å². The zero-order valence-electron chi connectivity index (χ0n) is 17.6. The molecule has 3 aromatic rings. The normalized spacial score (nSPS) is 13.6. The summed E-state index contributed by atoms with van der Waals surface area (Å²) in [6.45, 7) is 1.91. The van der Waals surface area contributed by atoms with Gasteiger partial charge in [0.1, 0.15) is 5.75 Å². The van der Waals surface area contributed by atoms with Gasteiger partial charge in [0.25, 0.3) is 5.56 Å². The third kappa shape index (κ3) is 4.40. The molecule has 7 nitrogen and oxygen atoms in total. The average Bonchev–Trinajstić information content (AvgIpc) is 2.79. The van der Waals surface area contributed by atoms with Gasteiger partial charge in [-0.2, -0.15) is 5.10 Å². The lowest BCUT2D eigenvalue weighted by atomic mass is 9.90. The molecule has 0 saturated carbocycles. The molecule has 0 aliphatic heterocycles. The number of aryl methyl sites for hydroxylation is 1. The van der Waals surface area contributed by atoms with Gasteiger partial charge in [-0.3, -0.25) is 4.79 Å². The molecule has 0 bridgehead atoms. The van der Waals surface area contributed by atoms with Crippen molar-refractivity contribution in [1.29, 1.82) is 0 Å². The van der Waals surface area contributed by atoms with E-state index in [4.69, 9.17) is 4.74 Å². The summed E-state index contributed by atoms with van der Waals surface area (Å²) in [6.07, 6.45) is 3.45. The van der Waals surface area contributed by atoms with Crippen LogP contribution in [0.4, 0.5) is 0 Å². The van der Waals surface area contributed by atoms with Crippen molar-refractivity contribution >= 4 is 10.0 Å². The Morgan fingerprint density at radius 3 is 2.65 bits per heavy atom. The molecule has 31 heavy (non-hydrogen) atoms. The second-order valence-corrected chi connectivity index (χ2v) is 9.46. The first-order valence-corrected chi connectivity index (χ1v) is 11.7. The maximum absolute atomic E-state index is 13.1. The summed E-state index contributed by atoms with van der Waals surface area (Å²) in [5, 5.41) is 6.83. The van der Waals surface area contributed by atoms with Gasteiger partial charge in [0.05, 0.1) is 17.7 Å². The van der Waals surface area contributed by atoms with E-state index in [0.717, 1.165) is 42.4 Å². The van der Waals surface area contributed by atoms with Gasteiger partial charge in [0.2, 0.25) is 10.0 Å². The van der Waals surface area contributed by atoms with E-state index in [2.05, 4.69) is 14.9 Å². The summed E-state index contributed by atoms with van der Waals surface area (Å²) in [5.41, 5.74) is 4.30. The van der Waals surface area contributed by atoms with Crippen LogP contribution in [0.5, 0.6) is 5.75 Å². The van der Waals surface area contributed by atoms with Crippen LogP contribution in [-0.2, 0) is 29.4 Å². The van der Waals surface area contributed by atoms with Gasteiger partial charge in [0, 0.05) is 17.7 Å². The van der Waals surface area contributed by atoms with Crippen molar-refractivity contribution in [2.24, 2.45) is 0 Å². The van der Waals surface area contributed by atoms with E-state index in [1.165, 1.54) is 0 Å². The van der Waals surface area contributed by atoms with Crippen LogP contribution in [0.3, 0.4) is 0 Å². The zero-order valence-corrected chi connectivity index (χ0v) is 18.4. The Labute approximate surface area is 181 Å². The van der Waals surface area contributed by atoms with Crippen molar-refractivity contribution in [1.82, 2.24) is 14.9 Å². The quantitative estimate of drug-likeness (QED) is 0.615. The van der Waals surface area contributed by atoms with Crippen molar-refractivity contribution in [3.63, 3.8) is 0 Å². The van der Waals surface area contributed by atoms with Crippen LogP contribution in [0.25, 0.3) is 11.3 Å². The smallest absolute Gasteiger partial charge is 0.267 e. The lowest BCUT2D eigenvalue weighted by molar-refractivity contribution is 0.414. The number of hydrogen-bond acceptors (Lipinski definition) is 5. The number of nitrogens with zero attached hydrogens (tertiary/aromatic N) is 1. The van der Waals surface area contributed by atoms with E-state index in [0.29, 0.717) is 22.6 Å². The molecule has 0 unspecified atom stereocenters. The molecule has 1 aliphatic carbocycles. The first-order valence-electron chi connectivity index (χ1n) is 10.2. The lowest BCUT2D eigenvalue weighted by Crippen LogP contribution is -2.24. The topological polar surface area (TPSA) is 101 Å². The Bertz CT molecular complexity index is 1280. The minimum absolute atomic E-state index is 0.148. The predicted molar refractivity (Wildman–Crippen MR) is 119 cm³/mol. The van der Waals surface area contributed by atoms with E-state index in [-0.39, 0.29) is 17.0 Å². The average molecular weight is 440 g/mol. The minimum Gasteiger partial charge on any atom is -0.497 e. The summed E-state index contributed by atoms with van der Waals surface area (Å²) in [4.78, 5) is 12.4. The second-order valence-electron chi connectivity index (χ2n) is 7.72. The van der Waals surface area contributed by atoms with Crippen LogP contribution < -0.4 is 15.0 Å². The number of ether oxygens (including phenoxy) is 1. The SMILES string of the molecule is COc1cccc(CNS(=O)(=O)c2cc(-c3n[nH]c(=O)c4c3CCCC4)ccc2C)c1. The number of nitrogens with one attached hydrogen (secondary N) is 2. The van der Waals surface area contributed by atoms with Crippen LogP contribution in [0.15, 0.2) is 52.2 Å². The fourth-order valence-electron chi connectivity index (χ4n) is 3.97. The zero-order chi connectivity index (χ0) is 22.0. The monoisotopic (exact) mass is 439 g/mol. The highest BCUT2D eigenvalue weighted by molar-refractivity contribution is 7.89. The molecule has 1 aliphatic rings. The number of methoxy groups -OCH3 is 1. The first-order chi connectivity index (χ1) is 14.9. The molecule has 0 amide bonds. The molecule has 2 N–H and O–H groups in total. The van der Waals surface area contributed by atoms with E-state index in [9.17, 15) is 13.2 Å². The molecule has 0 atom stereocenters. The molecule has 0 fully saturated rings. The number of benzene rings is 2. The molecule has 1 heterocycles. The van der Waals surface area contributed by atoms with Gasteiger partial charge in [-0.1, -0.05) is 24.3 Å². The number of sulfonamides is 1. The third-order valence-electron chi connectivity index (χ3n) is 5.65. The van der Waals surface area contributed by atoms with Crippen LogP contribution in [0.1, 0.15) is 35.1 Å². The fourth-order valence-corrected chi connectivity index (χ4v) is 5.26. The Morgan fingerprint density at radius 1 is 1.10 bits per heavy atom. The van der Waals surface area contributed by atoms with Gasteiger partial charge in [-0.05, 0) is 67.5 Å². The lowest BCUT2D eigenvalue weighted by Gasteiger charge is -2.18. The highest BCUT2D eigenvalue weighted by atomic mass is 32.2. The first kappa shape index (κ1) is 21.3. The van der Waals surface area contributed by atoms with Crippen LogP contribution in [0, 0.1) is 6.92 Å². The molecule has 0 radical (unpaired) electrons. The van der Waals surface area contributed by atoms with E-state index >= 15 is 0 Å². The highest BCUT2D eigenvalue weighted by Gasteiger charge is 2.22. The number of rotatable bonds is 6. The van der Waals surface area contributed by atoms with Crippen LogP contribution in [-0.4, -0.2) is 25.7 Å². The molecule has 1 aromatic heterocycles. The van der Waals surface area contributed by atoms with Gasteiger partial charge < -0.3 is 4.74 Å². The third-order valence-corrected chi connectivity index (χ3v) is 7.19. The van der Waals surface area contributed by atoms with Crippen LogP contribution in [0.2, 0.25) is 0 Å². The molecule has 4 rings (SSSR count). The minimum atomic E-state index is -3.76. The van der Waals surface area contributed by atoms with E-state index < -0.39 is 10.0 Å². The van der Waals surface area contributed by atoms with Gasteiger partial charge >= 0.3 is 0 Å². The molecule has 8 heteroatoms. The number of H-pyrrole nitrogens is 1. The number of fused-ring (bicyclic) bond motifs is 1. The molecule has 0 saturated heterocycles. The Balaban J connectivity index is 1.67. The molecular weight excluding hydrogens is 414 g/mol. The summed E-state index contributed by atoms with van der Waals surface area (Å²) in [5.74, 6) is 0.670. The molecule has 2 aromatic carbocycles.